The van der Waals surface area contributed by atoms with E-state index in [9.17, 15) is 0 Å². The number of methoxy groups -OCH3 is 1. The summed E-state index contributed by atoms with van der Waals surface area (Å²) in [6.45, 7) is 0.403. The van der Waals surface area contributed by atoms with E-state index >= 15 is 0 Å². The van der Waals surface area contributed by atoms with Crippen molar-refractivity contribution in [1.29, 1.82) is 0 Å². The summed E-state index contributed by atoms with van der Waals surface area (Å²) in [6.07, 6.45) is 0.375. The fourth-order valence-electron chi connectivity index (χ4n) is 1.55. The molecular weight excluding hydrogens is 334 g/mol. The summed E-state index contributed by atoms with van der Waals surface area (Å²) < 4.78 is 11.1. The molecule has 2 N–H and O–H groups in total. The molecule has 2 aromatic rings. The van der Waals surface area contributed by atoms with Gasteiger partial charge in [0.1, 0.15) is 0 Å². The lowest BCUT2D eigenvalue weighted by Gasteiger charge is -2.08. The van der Waals surface area contributed by atoms with E-state index in [4.69, 9.17) is 26.6 Å². The van der Waals surface area contributed by atoms with Crippen molar-refractivity contribution >= 4 is 27.5 Å². The van der Waals surface area contributed by atoms with E-state index in [1.165, 1.54) is 0 Å². The number of hydrogen-bond acceptors (Lipinski definition) is 5. The SMILES string of the molecule is COC(CN)Cc1nc(-c2ccc(Cl)c(Br)c2)no1. The average molecular weight is 347 g/mol. The molecule has 0 radical (unpaired) electrons. The molecule has 0 aliphatic heterocycles. The molecule has 1 unspecified atom stereocenters. The second-order valence-corrected chi connectivity index (χ2v) is 5.20. The summed E-state index contributed by atoms with van der Waals surface area (Å²) in [6, 6.07) is 5.45. The fourth-order valence-corrected chi connectivity index (χ4v) is 2.04. The minimum absolute atomic E-state index is 0.120. The molecule has 0 saturated carbocycles. The van der Waals surface area contributed by atoms with E-state index in [0.29, 0.717) is 29.7 Å². The van der Waals surface area contributed by atoms with E-state index in [1.807, 2.05) is 12.1 Å². The molecule has 0 aliphatic rings. The zero-order valence-corrected chi connectivity index (χ0v) is 12.6. The number of nitrogens with zero attached hydrogens (tertiary/aromatic N) is 2. The van der Waals surface area contributed by atoms with Crippen LogP contribution in [0.1, 0.15) is 5.89 Å². The molecule has 2 rings (SSSR count). The maximum Gasteiger partial charge on any atom is 0.229 e. The Hall–Kier alpha value is -0.950. The van der Waals surface area contributed by atoms with Crippen molar-refractivity contribution in [2.24, 2.45) is 5.73 Å². The molecular formula is C12H13BrClN3O2. The first-order chi connectivity index (χ1) is 9.13. The molecule has 1 heterocycles. The summed E-state index contributed by atoms with van der Waals surface area (Å²) in [5.41, 5.74) is 6.38. The predicted molar refractivity (Wildman–Crippen MR) is 76.0 cm³/mol. The van der Waals surface area contributed by atoms with Crippen LogP contribution in [0.2, 0.25) is 5.02 Å². The highest BCUT2D eigenvalue weighted by Crippen LogP contribution is 2.27. The number of rotatable bonds is 5. The number of ether oxygens (including phenoxy) is 1. The average Bonchev–Trinajstić information content (AvgIpc) is 2.87. The van der Waals surface area contributed by atoms with Gasteiger partial charge in [-0.1, -0.05) is 16.8 Å². The van der Waals surface area contributed by atoms with Crippen molar-refractivity contribution in [2.75, 3.05) is 13.7 Å². The Balaban J connectivity index is 2.18. The Morgan fingerprint density at radius 3 is 2.95 bits per heavy atom. The van der Waals surface area contributed by atoms with Crippen LogP contribution in [0.3, 0.4) is 0 Å². The van der Waals surface area contributed by atoms with Gasteiger partial charge in [0, 0.05) is 23.7 Å². The Labute approximate surface area is 124 Å². The van der Waals surface area contributed by atoms with Gasteiger partial charge in [0.05, 0.1) is 17.5 Å². The molecule has 0 spiro atoms. The van der Waals surface area contributed by atoms with Gasteiger partial charge in [0.2, 0.25) is 11.7 Å². The first kappa shape index (κ1) is 14.5. The van der Waals surface area contributed by atoms with Crippen molar-refractivity contribution in [3.8, 4) is 11.4 Å². The molecule has 0 bridgehead atoms. The summed E-state index contributed by atoms with van der Waals surface area (Å²) in [5.74, 6) is 1.01. The number of nitrogens with two attached hydrogens (primary N) is 1. The topological polar surface area (TPSA) is 74.2 Å². The van der Waals surface area contributed by atoms with Crippen molar-refractivity contribution in [1.82, 2.24) is 10.1 Å². The van der Waals surface area contributed by atoms with Crippen LogP contribution in [0.15, 0.2) is 27.2 Å². The third-order valence-electron chi connectivity index (χ3n) is 2.64. The number of hydrogen-bond donors (Lipinski definition) is 1. The van der Waals surface area contributed by atoms with Gasteiger partial charge in [-0.25, -0.2) is 0 Å². The maximum atomic E-state index is 5.94. The largest absolute Gasteiger partial charge is 0.380 e. The molecule has 0 amide bonds. The minimum Gasteiger partial charge on any atom is -0.380 e. The summed E-state index contributed by atoms with van der Waals surface area (Å²) in [7, 11) is 1.60. The highest BCUT2D eigenvalue weighted by Gasteiger charge is 2.14. The van der Waals surface area contributed by atoms with Crippen LogP contribution in [-0.4, -0.2) is 29.9 Å². The molecule has 0 aliphatic carbocycles. The quantitative estimate of drug-likeness (QED) is 0.901. The lowest BCUT2D eigenvalue weighted by Crippen LogP contribution is -2.24. The van der Waals surface area contributed by atoms with Gasteiger partial charge in [0.25, 0.3) is 0 Å². The van der Waals surface area contributed by atoms with E-state index in [0.717, 1.165) is 10.0 Å². The standard InChI is InChI=1S/C12H13BrClN3O2/c1-18-8(6-15)5-11-16-12(17-19-11)7-2-3-10(14)9(13)4-7/h2-4,8H,5-6,15H2,1H3. The molecule has 1 aromatic carbocycles. The zero-order chi connectivity index (χ0) is 13.8. The van der Waals surface area contributed by atoms with E-state index < -0.39 is 0 Å². The summed E-state index contributed by atoms with van der Waals surface area (Å²) in [5, 5.41) is 4.57. The van der Waals surface area contributed by atoms with Crippen LogP contribution in [0, 0.1) is 0 Å². The smallest absolute Gasteiger partial charge is 0.229 e. The molecule has 102 valence electrons. The predicted octanol–water partition coefficient (Wildman–Crippen LogP) is 2.67. The monoisotopic (exact) mass is 345 g/mol. The van der Waals surface area contributed by atoms with Crippen LogP contribution < -0.4 is 5.73 Å². The maximum absolute atomic E-state index is 5.94. The van der Waals surface area contributed by atoms with Gasteiger partial charge in [-0.3, -0.25) is 0 Å². The van der Waals surface area contributed by atoms with Gasteiger partial charge in [-0.2, -0.15) is 4.98 Å². The molecule has 1 atom stereocenters. The van der Waals surface area contributed by atoms with E-state index in [2.05, 4.69) is 26.1 Å². The van der Waals surface area contributed by atoms with Gasteiger partial charge >= 0.3 is 0 Å². The Kier molecular flexibility index (Phi) is 4.93. The first-order valence-electron chi connectivity index (χ1n) is 5.65. The normalized spacial score (nSPS) is 12.6. The molecule has 7 heteroatoms. The third kappa shape index (κ3) is 3.54. The minimum atomic E-state index is -0.120. The Morgan fingerprint density at radius 1 is 1.53 bits per heavy atom. The summed E-state index contributed by atoms with van der Waals surface area (Å²) in [4.78, 5) is 4.31. The van der Waals surface area contributed by atoms with E-state index in [-0.39, 0.29) is 6.10 Å². The number of halogens is 2. The lowest BCUT2D eigenvalue weighted by atomic mass is 10.2. The zero-order valence-electron chi connectivity index (χ0n) is 10.3. The first-order valence-corrected chi connectivity index (χ1v) is 6.82. The molecule has 1 aromatic heterocycles. The molecule has 0 fully saturated rings. The van der Waals surface area contributed by atoms with Crippen molar-refractivity contribution in [2.45, 2.75) is 12.5 Å². The third-order valence-corrected chi connectivity index (χ3v) is 3.86. The van der Waals surface area contributed by atoms with Crippen molar-refractivity contribution in [3.05, 3.63) is 33.6 Å². The van der Waals surface area contributed by atoms with Crippen molar-refractivity contribution in [3.63, 3.8) is 0 Å². The fraction of sp³-hybridized carbons (Fsp3) is 0.333. The lowest BCUT2D eigenvalue weighted by molar-refractivity contribution is 0.102. The van der Waals surface area contributed by atoms with Gasteiger partial charge in [-0.05, 0) is 34.1 Å². The Bertz CT molecular complexity index is 558. The summed E-state index contributed by atoms with van der Waals surface area (Å²) >= 11 is 9.30. The molecule has 5 nitrogen and oxygen atoms in total. The van der Waals surface area contributed by atoms with Gasteiger partial charge in [0.15, 0.2) is 0 Å². The highest BCUT2D eigenvalue weighted by atomic mass is 79.9. The molecule has 0 saturated heterocycles. The number of aromatic nitrogens is 2. The van der Waals surface area contributed by atoms with Crippen molar-refractivity contribution < 1.29 is 9.26 Å². The van der Waals surface area contributed by atoms with Gasteiger partial charge < -0.3 is 15.0 Å². The highest BCUT2D eigenvalue weighted by molar-refractivity contribution is 9.10. The number of benzene rings is 1. The van der Waals surface area contributed by atoms with E-state index in [1.54, 1.807) is 13.2 Å². The second-order valence-electron chi connectivity index (χ2n) is 3.94. The van der Waals surface area contributed by atoms with Crippen LogP contribution in [0.5, 0.6) is 0 Å². The van der Waals surface area contributed by atoms with Crippen LogP contribution in [0.25, 0.3) is 11.4 Å². The van der Waals surface area contributed by atoms with Gasteiger partial charge in [-0.15, -0.1) is 0 Å². The van der Waals surface area contributed by atoms with Crippen LogP contribution in [-0.2, 0) is 11.2 Å². The van der Waals surface area contributed by atoms with Crippen LogP contribution in [0.4, 0.5) is 0 Å². The second kappa shape index (κ2) is 6.47. The van der Waals surface area contributed by atoms with Crippen LogP contribution >= 0.6 is 27.5 Å². The Morgan fingerprint density at radius 2 is 2.32 bits per heavy atom. The molecule has 19 heavy (non-hydrogen) atoms.